The number of pyridine rings is 1. The molecule has 0 spiro atoms. The van der Waals surface area contributed by atoms with E-state index in [1.807, 2.05) is 32.9 Å². The topological polar surface area (TPSA) is 53.4 Å². The van der Waals surface area contributed by atoms with Crippen molar-refractivity contribution >= 4 is 25.3 Å². The van der Waals surface area contributed by atoms with E-state index < -0.39 is 13.9 Å². The highest BCUT2D eigenvalue weighted by Gasteiger charge is 2.37. The molecule has 2 rings (SSSR count). The molecule has 5 nitrogen and oxygen atoms in total. The van der Waals surface area contributed by atoms with E-state index >= 15 is 0 Å². The van der Waals surface area contributed by atoms with Crippen LogP contribution in [0.4, 0.5) is 4.79 Å². The van der Waals surface area contributed by atoms with Crippen LogP contribution >= 0.6 is 0 Å². The zero-order valence-electron chi connectivity index (χ0n) is 17.3. The number of nitrogens with zero attached hydrogens (tertiary/aromatic N) is 2. The van der Waals surface area contributed by atoms with E-state index in [4.69, 9.17) is 9.16 Å². The number of carbonyl (C=O) groups is 1. The van der Waals surface area contributed by atoms with Crippen LogP contribution in [0.3, 0.4) is 0 Å². The first-order chi connectivity index (χ1) is 11.8. The molecule has 0 N–H and O–H groups in total. The van der Waals surface area contributed by atoms with E-state index in [0.29, 0.717) is 13.0 Å². The maximum Gasteiger partial charge on any atom is 0.419 e. The predicted octanol–water partition coefficient (Wildman–Crippen LogP) is 5.38. The van der Waals surface area contributed by atoms with E-state index in [9.17, 15) is 4.79 Å². The summed E-state index contributed by atoms with van der Waals surface area (Å²) < 4.78 is 13.5. The van der Waals surface area contributed by atoms with Crippen LogP contribution in [0, 0.1) is 0 Å². The van der Waals surface area contributed by atoms with Crippen molar-refractivity contribution in [2.75, 3.05) is 6.61 Å². The van der Waals surface area contributed by atoms with Crippen LogP contribution in [0.15, 0.2) is 24.5 Å². The first-order valence-corrected chi connectivity index (χ1v) is 12.0. The third-order valence-electron chi connectivity index (χ3n) is 4.88. The van der Waals surface area contributed by atoms with Gasteiger partial charge in [0.15, 0.2) is 8.32 Å². The number of ether oxygens (including phenoxy) is 1. The standard InChI is InChI=1S/C20H32N2O3Si/c1-19(2,3)25-18(23)22-16(13-15-14-21-11-9-17(15)22)10-12-24-26(7,8)20(4,5)6/h9,11,13-14H,10,12H2,1-8H3. The van der Waals surface area contributed by atoms with E-state index in [-0.39, 0.29) is 11.1 Å². The van der Waals surface area contributed by atoms with Crippen molar-refractivity contribution in [3.05, 3.63) is 30.2 Å². The van der Waals surface area contributed by atoms with Crippen molar-refractivity contribution in [3.63, 3.8) is 0 Å². The Morgan fingerprint density at radius 2 is 1.85 bits per heavy atom. The van der Waals surface area contributed by atoms with Gasteiger partial charge in [0.25, 0.3) is 0 Å². The first-order valence-electron chi connectivity index (χ1n) is 9.13. The molecule has 0 aliphatic heterocycles. The molecule has 144 valence electrons. The molecule has 2 aromatic rings. The van der Waals surface area contributed by atoms with Gasteiger partial charge in [0.1, 0.15) is 5.60 Å². The highest BCUT2D eigenvalue weighted by molar-refractivity contribution is 6.74. The average Bonchev–Trinajstić information content (AvgIpc) is 2.82. The third-order valence-corrected chi connectivity index (χ3v) is 9.42. The highest BCUT2D eigenvalue weighted by atomic mass is 28.4. The van der Waals surface area contributed by atoms with Gasteiger partial charge < -0.3 is 9.16 Å². The molecule has 6 heteroatoms. The molecule has 0 aliphatic carbocycles. The van der Waals surface area contributed by atoms with Crippen LogP contribution in [0.2, 0.25) is 18.1 Å². The zero-order chi connectivity index (χ0) is 19.8. The lowest BCUT2D eigenvalue weighted by atomic mass is 10.2. The molecular formula is C20H32N2O3Si. The van der Waals surface area contributed by atoms with Crippen molar-refractivity contribution in [1.29, 1.82) is 0 Å². The van der Waals surface area contributed by atoms with Crippen molar-refractivity contribution in [3.8, 4) is 0 Å². The summed E-state index contributed by atoms with van der Waals surface area (Å²) in [6, 6.07) is 3.85. The Labute approximate surface area is 157 Å². The Hall–Kier alpha value is -1.66. The normalized spacial score (nSPS) is 13.2. The average molecular weight is 377 g/mol. The Morgan fingerprint density at radius 1 is 1.19 bits per heavy atom. The third kappa shape index (κ3) is 4.74. The second-order valence-corrected chi connectivity index (χ2v) is 14.1. The molecule has 0 saturated carbocycles. The minimum Gasteiger partial charge on any atom is -0.443 e. The molecule has 0 amide bonds. The number of hydrogen-bond acceptors (Lipinski definition) is 4. The zero-order valence-corrected chi connectivity index (χ0v) is 18.3. The Morgan fingerprint density at radius 3 is 2.42 bits per heavy atom. The molecule has 26 heavy (non-hydrogen) atoms. The highest BCUT2D eigenvalue weighted by Crippen LogP contribution is 2.36. The van der Waals surface area contributed by atoms with Crippen molar-refractivity contribution in [1.82, 2.24) is 9.55 Å². The summed E-state index contributed by atoms with van der Waals surface area (Å²) >= 11 is 0. The van der Waals surface area contributed by atoms with Crippen LogP contribution in [0.5, 0.6) is 0 Å². The molecule has 2 aromatic heterocycles. The molecule has 0 bridgehead atoms. The maximum absolute atomic E-state index is 12.8. The van der Waals surface area contributed by atoms with Gasteiger partial charge in [0.2, 0.25) is 0 Å². The first kappa shape index (κ1) is 20.6. The molecular weight excluding hydrogens is 344 g/mol. The fourth-order valence-electron chi connectivity index (χ4n) is 2.45. The quantitative estimate of drug-likeness (QED) is 0.672. The monoisotopic (exact) mass is 376 g/mol. The summed E-state index contributed by atoms with van der Waals surface area (Å²) in [5.41, 5.74) is 1.16. The molecule has 0 fully saturated rings. The van der Waals surface area contributed by atoms with Crippen LogP contribution in [0.25, 0.3) is 10.9 Å². The van der Waals surface area contributed by atoms with Gasteiger partial charge in [0.05, 0.1) is 5.52 Å². The minimum absolute atomic E-state index is 0.162. The van der Waals surface area contributed by atoms with Gasteiger partial charge >= 0.3 is 6.09 Å². The van der Waals surface area contributed by atoms with E-state index in [0.717, 1.165) is 16.6 Å². The summed E-state index contributed by atoms with van der Waals surface area (Å²) in [6.45, 7) is 17.4. The van der Waals surface area contributed by atoms with Gasteiger partial charge in [-0.05, 0) is 51.0 Å². The molecule has 0 atom stereocenters. The van der Waals surface area contributed by atoms with Crippen LogP contribution < -0.4 is 0 Å². The maximum atomic E-state index is 12.8. The Kier molecular flexibility index (Phi) is 5.68. The lowest BCUT2D eigenvalue weighted by Gasteiger charge is -2.36. The second-order valence-electron chi connectivity index (χ2n) is 9.24. The van der Waals surface area contributed by atoms with Crippen molar-refractivity contribution in [2.45, 2.75) is 71.7 Å². The van der Waals surface area contributed by atoms with Crippen LogP contribution in [-0.4, -0.2) is 36.2 Å². The number of fused-ring (bicyclic) bond motifs is 1. The molecule has 0 unspecified atom stereocenters. The van der Waals surface area contributed by atoms with Gasteiger partial charge in [-0.2, -0.15) is 0 Å². The number of aromatic nitrogens is 2. The minimum atomic E-state index is -1.82. The van der Waals surface area contributed by atoms with Gasteiger partial charge in [-0.25, -0.2) is 9.36 Å². The van der Waals surface area contributed by atoms with Crippen molar-refractivity contribution < 1.29 is 14.0 Å². The Balaban J connectivity index is 2.27. The fraction of sp³-hybridized carbons (Fsp3) is 0.600. The van der Waals surface area contributed by atoms with Gasteiger partial charge in [-0.3, -0.25) is 4.98 Å². The predicted molar refractivity (Wildman–Crippen MR) is 108 cm³/mol. The van der Waals surface area contributed by atoms with E-state index in [1.54, 1.807) is 17.0 Å². The van der Waals surface area contributed by atoms with Gasteiger partial charge in [0, 0.05) is 36.5 Å². The SMILES string of the molecule is CC(C)(C)OC(=O)n1c(CCO[Si](C)(C)C(C)(C)C)cc2cnccc21. The Bertz CT molecular complexity index is 782. The summed E-state index contributed by atoms with van der Waals surface area (Å²) in [6.07, 6.45) is 3.76. The van der Waals surface area contributed by atoms with Gasteiger partial charge in [-0.1, -0.05) is 20.8 Å². The number of hydrogen-bond donors (Lipinski definition) is 0. The fourth-order valence-corrected chi connectivity index (χ4v) is 3.49. The summed E-state index contributed by atoms with van der Waals surface area (Å²) in [4.78, 5) is 16.9. The largest absolute Gasteiger partial charge is 0.443 e. The summed E-state index contributed by atoms with van der Waals surface area (Å²) in [7, 11) is -1.82. The van der Waals surface area contributed by atoms with Crippen LogP contribution in [-0.2, 0) is 15.6 Å². The molecule has 0 saturated heterocycles. The van der Waals surface area contributed by atoms with Gasteiger partial charge in [-0.15, -0.1) is 0 Å². The molecule has 0 radical (unpaired) electrons. The summed E-state index contributed by atoms with van der Waals surface area (Å²) in [5.74, 6) is 0. The second kappa shape index (κ2) is 7.16. The lowest BCUT2D eigenvalue weighted by Crippen LogP contribution is -2.41. The number of carbonyl (C=O) groups excluding carboxylic acids is 1. The lowest BCUT2D eigenvalue weighted by molar-refractivity contribution is 0.0539. The van der Waals surface area contributed by atoms with Crippen LogP contribution in [0.1, 0.15) is 47.2 Å². The smallest absolute Gasteiger partial charge is 0.419 e. The molecule has 0 aliphatic rings. The van der Waals surface area contributed by atoms with E-state index in [2.05, 4.69) is 38.8 Å². The molecule has 2 heterocycles. The summed E-state index contributed by atoms with van der Waals surface area (Å²) in [5, 5.41) is 1.09. The molecule has 0 aromatic carbocycles. The number of rotatable bonds is 4. The van der Waals surface area contributed by atoms with E-state index in [1.165, 1.54) is 0 Å². The van der Waals surface area contributed by atoms with Crippen molar-refractivity contribution in [2.24, 2.45) is 0 Å².